The van der Waals surface area contributed by atoms with Crippen LogP contribution >= 0.6 is 0 Å². The number of methoxy groups -OCH3 is 2. The first-order valence-corrected chi connectivity index (χ1v) is 8.85. The molecule has 0 aromatic carbocycles. The monoisotopic (exact) mass is 289 g/mol. The molecular formula is C11H19NO6Si. The molecule has 0 aliphatic heterocycles. The summed E-state index contributed by atoms with van der Waals surface area (Å²) >= 11 is 0. The van der Waals surface area contributed by atoms with Gasteiger partial charge in [0, 0.05) is 0 Å². The Morgan fingerprint density at radius 3 is 2.16 bits per heavy atom. The van der Waals surface area contributed by atoms with Crippen molar-refractivity contribution in [2.75, 3.05) is 20.8 Å². The lowest BCUT2D eigenvalue weighted by Crippen LogP contribution is -2.30. The minimum absolute atomic E-state index is 0.0517. The van der Waals surface area contributed by atoms with E-state index in [1.165, 1.54) is 14.2 Å². The Morgan fingerprint density at radius 2 is 1.74 bits per heavy atom. The predicted molar refractivity (Wildman–Crippen MR) is 71.0 cm³/mol. The number of hydrogen-bond donors (Lipinski definition) is 0. The van der Waals surface area contributed by atoms with Crippen LogP contribution in [0.4, 0.5) is 0 Å². The van der Waals surface area contributed by atoms with Gasteiger partial charge in [-0.25, -0.2) is 9.59 Å². The van der Waals surface area contributed by atoms with E-state index in [0.29, 0.717) is 0 Å². The number of esters is 2. The van der Waals surface area contributed by atoms with Gasteiger partial charge in [0.2, 0.25) is 20.6 Å². The zero-order valence-corrected chi connectivity index (χ0v) is 12.8. The Kier molecular flexibility index (Phi) is 6.84. The van der Waals surface area contributed by atoms with Gasteiger partial charge < -0.3 is 18.7 Å². The summed E-state index contributed by atoms with van der Waals surface area (Å²) in [5, 5.41) is 3.51. The molecule has 0 aromatic heterocycles. The summed E-state index contributed by atoms with van der Waals surface area (Å²) in [4.78, 5) is 27.1. The SMILES string of the molecule is C=C(O[Si](C)(C)C)/C(=N/OCC(=O)OC)C(=O)OC. The molecule has 0 unspecified atom stereocenters. The lowest BCUT2D eigenvalue weighted by molar-refractivity contribution is -0.146. The Hall–Kier alpha value is -1.83. The molecule has 0 saturated carbocycles. The number of nitrogens with zero attached hydrogens (tertiary/aromatic N) is 1. The first-order valence-electron chi connectivity index (χ1n) is 5.44. The molecule has 0 saturated heterocycles. The van der Waals surface area contributed by atoms with Crippen LogP contribution in [0.5, 0.6) is 0 Å². The zero-order chi connectivity index (χ0) is 15.1. The lowest BCUT2D eigenvalue weighted by Gasteiger charge is -2.20. The number of ether oxygens (including phenoxy) is 2. The first-order chi connectivity index (χ1) is 8.71. The Labute approximate surface area is 113 Å². The summed E-state index contributed by atoms with van der Waals surface area (Å²) in [6.07, 6.45) is 0. The van der Waals surface area contributed by atoms with Gasteiger partial charge in [0.15, 0.2) is 0 Å². The molecule has 0 aliphatic carbocycles. The van der Waals surface area contributed by atoms with Crippen LogP contribution in [0.2, 0.25) is 19.6 Å². The summed E-state index contributed by atoms with van der Waals surface area (Å²) in [5.74, 6) is -1.33. The third-order valence-corrected chi connectivity index (χ3v) is 2.50. The van der Waals surface area contributed by atoms with E-state index in [2.05, 4.69) is 21.2 Å². The number of oxime groups is 1. The average Bonchev–Trinajstić information content (AvgIpc) is 2.30. The van der Waals surface area contributed by atoms with Crippen molar-refractivity contribution in [3.8, 4) is 0 Å². The molecule has 8 heteroatoms. The molecule has 0 N–H and O–H groups in total. The number of carbonyl (C=O) groups excluding carboxylic acids is 2. The van der Waals surface area contributed by atoms with Crippen LogP contribution < -0.4 is 0 Å². The zero-order valence-electron chi connectivity index (χ0n) is 11.8. The van der Waals surface area contributed by atoms with E-state index >= 15 is 0 Å². The van der Waals surface area contributed by atoms with E-state index in [1.807, 2.05) is 19.6 Å². The molecule has 19 heavy (non-hydrogen) atoms. The molecule has 0 rings (SSSR count). The second-order valence-corrected chi connectivity index (χ2v) is 8.85. The van der Waals surface area contributed by atoms with Crippen LogP contribution in [0.3, 0.4) is 0 Å². The second kappa shape index (κ2) is 7.57. The van der Waals surface area contributed by atoms with Gasteiger partial charge in [0.25, 0.3) is 0 Å². The van der Waals surface area contributed by atoms with Crippen LogP contribution in [-0.4, -0.2) is 46.8 Å². The summed E-state index contributed by atoms with van der Waals surface area (Å²) < 4.78 is 14.4. The van der Waals surface area contributed by atoms with Gasteiger partial charge in [0.1, 0.15) is 5.76 Å². The maximum atomic E-state index is 11.5. The van der Waals surface area contributed by atoms with Crippen LogP contribution in [0.25, 0.3) is 0 Å². The van der Waals surface area contributed by atoms with Gasteiger partial charge in [-0.1, -0.05) is 11.7 Å². The van der Waals surface area contributed by atoms with Crippen molar-refractivity contribution in [2.45, 2.75) is 19.6 Å². The predicted octanol–water partition coefficient (Wildman–Crippen LogP) is 1.07. The molecule has 0 aromatic rings. The first kappa shape index (κ1) is 17.2. The molecular weight excluding hydrogens is 270 g/mol. The topological polar surface area (TPSA) is 83.4 Å². The number of hydrogen-bond acceptors (Lipinski definition) is 7. The maximum Gasteiger partial charge on any atom is 0.363 e. The van der Waals surface area contributed by atoms with Crippen LogP contribution in [0, 0.1) is 0 Å². The highest BCUT2D eigenvalue weighted by Gasteiger charge is 2.24. The van der Waals surface area contributed by atoms with Gasteiger partial charge >= 0.3 is 11.9 Å². The highest BCUT2D eigenvalue weighted by molar-refractivity contribution is 6.70. The second-order valence-electron chi connectivity index (χ2n) is 4.42. The van der Waals surface area contributed by atoms with Gasteiger partial charge in [-0.3, -0.25) is 0 Å². The van der Waals surface area contributed by atoms with Crippen molar-refractivity contribution < 1.29 is 28.3 Å². The van der Waals surface area contributed by atoms with E-state index in [1.54, 1.807) is 0 Å². The van der Waals surface area contributed by atoms with Gasteiger partial charge in [-0.05, 0) is 19.6 Å². The van der Waals surface area contributed by atoms with Crippen molar-refractivity contribution in [1.82, 2.24) is 0 Å². The number of carbonyl (C=O) groups is 2. The fraction of sp³-hybridized carbons (Fsp3) is 0.545. The fourth-order valence-corrected chi connectivity index (χ4v) is 1.76. The maximum absolute atomic E-state index is 11.5. The van der Waals surface area contributed by atoms with Crippen LogP contribution in [0.1, 0.15) is 0 Å². The highest BCUT2D eigenvalue weighted by atomic mass is 28.4. The molecule has 108 valence electrons. The minimum Gasteiger partial charge on any atom is -0.543 e. The van der Waals surface area contributed by atoms with E-state index in [4.69, 9.17) is 9.26 Å². The van der Waals surface area contributed by atoms with E-state index < -0.39 is 26.9 Å². The Balaban J connectivity index is 4.81. The molecule has 0 aliphatic rings. The molecule has 0 fully saturated rings. The summed E-state index contributed by atoms with van der Waals surface area (Å²) in [6, 6.07) is 0. The van der Waals surface area contributed by atoms with Crippen molar-refractivity contribution in [2.24, 2.45) is 5.16 Å². The van der Waals surface area contributed by atoms with Crippen molar-refractivity contribution in [3.05, 3.63) is 12.3 Å². The minimum atomic E-state index is -1.94. The summed E-state index contributed by atoms with van der Waals surface area (Å²) in [7, 11) is 0.462. The van der Waals surface area contributed by atoms with Gasteiger partial charge in [-0.2, -0.15) is 0 Å². The molecule has 0 amide bonds. The molecule has 0 atom stereocenters. The molecule has 0 radical (unpaired) electrons. The lowest BCUT2D eigenvalue weighted by atomic mass is 10.3. The normalized spacial score (nSPS) is 11.5. The molecule has 0 heterocycles. The molecule has 0 spiro atoms. The summed E-state index contributed by atoms with van der Waals surface area (Å²) in [5.41, 5.74) is -0.214. The van der Waals surface area contributed by atoms with Gasteiger partial charge in [-0.15, -0.1) is 0 Å². The van der Waals surface area contributed by atoms with Crippen molar-refractivity contribution in [1.29, 1.82) is 0 Å². The van der Waals surface area contributed by atoms with E-state index in [-0.39, 0.29) is 11.5 Å². The van der Waals surface area contributed by atoms with Crippen molar-refractivity contribution in [3.63, 3.8) is 0 Å². The largest absolute Gasteiger partial charge is 0.543 e. The van der Waals surface area contributed by atoms with Gasteiger partial charge in [0.05, 0.1) is 14.2 Å². The number of rotatable bonds is 7. The van der Waals surface area contributed by atoms with Crippen LogP contribution in [0.15, 0.2) is 17.5 Å². The average molecular weight is 289 g/mol. The third kappa shape index (κ3) is 7.24. The summed E-state index contributed by atoms with van der Waals surface area (Å²) in [6.45, 7) is 8.95. The highest BCUT2D eigenvalue weighted by Crippen LogP contribution is 2.11. The Bertz CT molecular complexity index is 385. The van der Waals surface area contributed by atoms with Crippen LogP contribution in [-0.2, 0) is 28.3 Å². The smallest absolute Gasteiger partial charge is 0.363 e. The van der Waals surface area contributed by atoms with Crippen molar-refractivity contribution >= 4 is 26.0 Å². The Morgan fingerprint density at radius 1 is 1.16 bits per heavy atom. The molecule has 0 bridgehead atoms. The standard InChI is InChI=1S/C11H19NO6Si/c1-8(18-19(4,5)6)10(11(14)16-3)12-17-7-9(13)15-2/h1,7H2,2-6H3/b12-10-. The van der Waals surface area contributed by atoms with E-state index in [0.717, 1.165) is 0 Å². The molecule has 7 nitrogen and oxygen atoms in total. The van der Waals surface area contributed by atoms with E-state index in [9.17, 15) is 9.59 Å². The third-order valence-electron chi connectivity index (χ3n) is 1.64. The fourth-order valence-electron chi connectivity index (χ4n) is 0.925. The quantitative estimate of drug-likeness (QED) is 0.229.